The summed E-state index contributed by atoms with van der Waals surface area (Å²) < 4.78 is 14.2. The number of benzene rings is 1. The number of amides is 2. The summed E-state index contributed by atoms with van der Waals surface area (Å²) in [6, 6.07) is 3.80. The third kappa shape index (κ3) is 5.01. The summed E-state index contributed by atoms with van der Waals surface area (Å²) in [4.78, 5) is 35.0. The topological polar surface area (TPSA) is 95.5 Å². The number of halogens is 1. The minimum Gasteiger partial charge on any atom is -0.481 e. The molecular weight excluding hydrogens is 327 g/mol. The summed E-state index contributed by atoms with van der Waals surface area (Å²) in [5.41, 5.74) is -0.633. The molecule has 25 heavy (non-hydrogen) atoms. The Balaban J connectivity index is 2.05. The number of carbonyl (C=O) groups excluding carboxylic acids is 2. The molecule has 1 aromatic rings. The Morgan fingerprint density at radius 3 is 2.44 bits per heavy atom. The molecule has 0 saturated heterocycles. The first kappa shape index (κ1) is 18.9. The molecular formula is C18H23FN2O4. The van der Waals surface area contributed by atoms with Crippen LogP contribution in [0.4, 0.5) is 10.1 Å². The van der Waals surface area contributed by atoms with E-state index < -0.39 is 23.2 Å². The molecule has 3 N–H and O–H groups in total. The van der Waals surface area contributed by atoms with E-state index in [0.717, 1.165) is 12.5 Å². The van der Waals surface area contributed by atoms with Crippen molar-refractivity contribution in [2.75, 3.05) is 5.32 Å². The van der Waals surface area contributed by atoms with Gasteiger partial charge in [-0.15, -0.1) is 0 Å². The number of aliphatic carboxylic acids is 1. The van der Waals surface area contributed by atoms with Gasteiger partial charge in [-0.2, -0.15) is 0 Å². The SMILES string of the molecule is CC(C)CC(=O)Nc1ccc(C(=O)NC2(CC(=O)O)CCC2)cc1F. The molecule has 7 heteroatoms. The predicted octanol–water partition coefficient (Wildman–Crippen LogP) is 2.94. The van der Waals surface area contributed by atoms with Gasteiger partial charge in [-0.05, 0) is 43.4 Å². The summed E-state index contributed by atoms with van der Waals surface area (Å²) in [6.07, 6.45) is 2.17. The van der Waals surface area contributed by atoms with Crippen molar-refractivity contribution in [1.29, 1.82) is 0 Å². The van der Waals surface area contributed by atoms with Crippen LogP contribution >= 0.6 is 0 Å². The van der Waals surface area contributed by atoms with E-state index in [0.29, 0.717) is 12.8 Å². The van der Waals surface area contributed by atoms with Crippen molar-refractivity contribution in [3.8, 4) is 0 Å². The molecule has 0 aromatic heterocycles. The van der Waals surface area contributed by atoms with Crippen LogP contribution in [0.3, 0.4) is 0 Å². The highest BCUT2D eigenvalue weighted by Crippen LogP contribution is 2.35. The Hall–Kier alpha value is -2.44. The first-order valence-corrected chi connectivity index (χ1v) is 8.34. The fourth-order valence-corrected chi connectivity index (χ4v) is 2.88. The van der Waals surface area contributed by atoms with Gasteiger partial charge in [0.05, 0.1) is 17.6 Å². The molecule has 0 aliphatic heterocycles. The van der Waals surface area contributed by atoms with Gasteiger partial charge in [0.25, 0.3) is 5.91 Å². The number of carboxylic acids is 1. The van der Waals surface area contributed by atoms with Gasteiger partial charge in [0.1, 0.15) is 5.82 Å². The Morgan fingerprint density at radius 1 is 1.28 bits per heavy atom. The van der Waals surface area contributed by atoms with Crippen molar-refractivity contribution in [2.24, 2.45) is 5.92 Å². The summed E-state index contributed by atoms with van der Waals surface area (Å²) in [7, 11) is 0. The molecule has 6 nitrogen and oxygen atoms in total. The lowest BCUT2D eigenvalue weighted by atomic mass is 9.74. The number of anilines is 1. The zero-order valence-corrected chi connectivity index (χ0v) is 14.4. The number of hydrogen-bond acceptors (Lipinski definition) is 3. The number of nitrogens with one attached hydrogen (secondary N) is 2. The maximum Gasteiger partial charge on any atom is 0.305 e. The fourth-order valence-electron chi connectivity index (χ4n) is 2.88. The maximum atomic E-state index is 14.2. The lowest BCUT2D eigenvalue weighted by Crippen LogP contribution is -2.54. The average molecular weight is 350 g/mol. The van der Waals surface area contributed by atoms with E-state index in [-0.39, 0.29) is 35.9 Å². The van der Waals surface area contributed by atoms with Crippen molar-refractivity contribution >= 4 is 23.5 Å². The standard InChI is InChI=1S/C18H23FN2O4/c1-11(2)8-15(22)20-14-5-4-12(9-13(14)19)17(25)21-18(6-3-7-18)10-16(23)24/h4-5,9,11H,3,6-8,10H2,1-2H3,(H,20,22)(H,21,25)(H,23,24). The molecule has 0 spiro atoms. The maximum absolute atomic E-state index is 14.2. The van der Waals surface area contributed by atoms with Crippen LogP contribution in [0.5, 0.6) is 0 Å². The molecule has 2 amide bonds. The minimum atomic E-state index is -0.977. The largest absolute Gasteiger partial charge is 0.481 e. The molecule has 0 unspecified atom stereocenters. The average Bonchev–Trinajstić information content (AvgIpc) is 2.45. The molecule has 1 aliphatic carbocycles. The quantitative estimate of drug-likeness (QED) is 0.704. The first-order chi connectivity index (χ1) is 11.7. The van der Waals surface area contributed by atoms with Crippen LogP contribution in [0.1, 0.15) is 56.3 Å². The summed E-state index contributed by atoms with van der Waals surface area (Å²) in [5, 5.41) is 14.2. The van der Waals surface area contributed by atoms with Gasteiger partial charge < -0.3 is 15.7 Å². The lowest BCUT2D eigenvalue weighted by Gasteiger charge is -2.41. The molecule has 136 valence electrons. The summed E-state index contributed by atoms with van der Waals surface area (Å²) in [5.74, 6) is -2.33. The van der Waals surface area contributed by atoms with Crippen LogP contribution in [0.15, 0.2) is 18.2 Å². The number of carboxylic acid groups (broad SMARTS) is 1. The molecule has 1 fully saturated rings. The second kappa shape index (κ2) is 7.63. The molecule has 0 heterocycles. The molecule has 0 radical (unpaired) electrons. The second-order valence-corrected chi connectivity index (χ2v) is 7.00. The second-order valence-electron chi connectivity index (χ2n) is 7.00. The van der Waals surface area contributed by atoms with Crippen molar-refractivity contribution in [2.45, 2.75) is 51.5 Å². The van der Waals surface area contributed by atoms with E-state index >= 15 is 0 Å². The van der Waals surface area contributed by atoms with E-state index in [1.165, 1.54) is 12.1 Å². The third-order valence-electron chi connectivity index (χ3n) is 4.28. The van der Waals surface area contributed by atoms with E-state index in [1.54, 1.807) is 0 Å². The van der Waals surface area contributed by atoms with Gasteiger partial charge in [0.2, 0.25) is 5.91 Å². The van der Waals surface area contributed by atoms with Crippen LogP contribution in [0, 0.1) is 11.7 Å². The zero-order valence-electron chi connectivity index (χ0n) is 14.4. The number of hydrogen-bond donors (Lipinski definition) is 3. The minimum absolute atomic E-state index is 0.0195. The highest BCUT2D eigenvalue weighted by atomic mass is 19.1. The van der Waals surface area contributed by atoms with Crippen molar-refractivity contribution in [3.63, 3.8) is 0 Å². The molecule has 1 aromatic carbocycles. The smallest absolute Gasteiger partial charge is 0.305 e. The van der Waals surface area contributed by atoms with Crippen molar-refractivity contribution in [3.05, 3.63) is 29.6 Å². The van der Waals surface area contributed by atoms with Crippen LogP contribution in [-0.2, 0) is 9.59 Å². The van der Waals surface area contributed by atoms with E-state index in [1.807, 2.05) is 13.8 Å². The lowest BCUT2D eigenvalue weighted by molar-refractivity contribution is -0.139. The fraction of sp³-hybridized carbons (Fsp3) is 0.500. The molecule has 0 atom stereocenters. The van der Waals surface area contributed by atoms with Gasteiger partial charge >= 0.3 is 5.97 Å². The number of rotatable bonds is 7. The monoisotopic (exact) mass is 350 g/mol. The van der Waals surface area contributed by atoms with Crippen LogP contribution < -0.4 is 10.6 Å². The Labute approximate surface area is 145 Å². The van der Waals surface area contributed by atoms with Crippen molar-refractivity contribution in [1.82, 2.24) is 5.32 Å². The normalized spacial score (nSPS) is 15.4. The predicted molar refractivity (Wildman–Crippen MR) is 90.8 cm³/mol. The Kier molecular flexibility index (Phi) is 5.77. The Bertz CT molecular complexity index is 684. The van der Waals surface area contributed by atoms with Crippen molar-refractivity contribution < 1.29 is 23.9 Å². The molecule has 1 aliphatic rings. The van der Waals surface area contributed by atoms with E-state index in [2.05, 4.69) is 10.6 Å². The number of carbonyl (C=O) groups is 3. The van der Waals surface area contributed by atoms with Gasteiger partial charge in [-0.1, -0.05) is 13.8 Å². The Morgan fingerprint density at radius 2 is 1.96 bits per heavy atom. The van der Waals surface area contributed by atoms with Crippen LogP contribution in [-0.4, -0.2) is 28.4 Å². The molecule has 0 bridgehead atoms. The summed E-state index contributed by atoms with van der Waals surface area (Å²) >= 11 is 0. The zero-order chi connectivity index (χ0) is 18.6. The van der Waals surface area contributed by atoms with E-state index in [4.69, 9.17) is 5.11 Å². The highest BCUT2D eigenvalue weighted by molar-refractivity contribution is 5.96. The van der Waals surface area contributed by atoms with Gasteiger partial charge in [0.15, 0.2) is 0 Å². The van der Waals surface area contributed by atoms with Gasteiger partial charge in [-0.3, -0.25) is 14.4 Å². The van der Waals surface area contributed by atoms with Gasteiger partial charge in [0, 0.05) is 12.0 Å². The molecule has 1 saturated carbocycles. The highest BCUT2D eigenvalue weighted by Gasteiger charge is 2.40. The molecule has 2 rings (SSSR count). The first-order valence-electron chi connectivity index (χ1n) is 8.34. The third-order valence-corrected chi connectivity index (χ3v) is 4.28. The summed E-state index contributed by atoms with van der Waals surface area (Å²) in [6.45, 7) is 3.77. The van der Waals surface area contributed by atoms with E-state index in [9.17, 15) is 18.8 Å². The van der Waals surface area contributed by atoms with Gasteiger partial charge in [-0.25, -0.2) is 4.39 Å². The van der Waals surface area contributed by atoms with Crippen LogP contribution in [0.25, 0.3) is 0 Å². The van der Waals surface area contributed by atoms with Crippen LogP contribution in [0.2, 0.25) is 0 Å².